The van der Waals surface area contributed by atoms with Gasteiger partial charge in [0.2, 0.25) is 0 Å². The normalized spacial score (nSPS) is 10.7. The summed E-state index contributed by atoms with van der Waals surface area (Å²) in [5.41, 5.74) is 15.5. The number of nitrogens with one attached hydrogen (secondary N) is 7. The average molecular weight is 1640 g/mol. The summed E-state index contributed by atoms with van der Waals surface area (Å²) in [6.07, 6.45) is 0. The van der Waals surface area contributed by atoms with E-state index >= 15 is 0 Å². The average Bonchev–Trinajstić information content (AvgIpc) is 0.817. The molecule has 25 heteroatoms. The molecular weight excluding hydrogens is 1540 g/mol. The molecule has 17 nitrogen and oxygen atoms in total. The van der Waals surface area contributed by atoms with Gasteiger partial charge in [-0.1, -0.05) is 107 Å². The van der Waals surface area contributed by atoms with Gasteiger partial charge in [0.1, 0.15) is 11.6 Å². The van der Waals surface area contributed by atoms with Crippen LogP contribution >= 0.6 is 46.4 Å². The van der Waals surface area contributed by atoms with Crippen LogP contribution in [0.4, 0.5) is 38.5 Å². The van der Waals surface area contributed by atoms with Crippen molar-refractivity contribution in [3.05, 3.63) is 282 Å². The van der Waals surface area contributed by atoms with Crippen molar-refractivity contribution in [1.29, 1.82) is 0 Å². The van der Waals surface area contributed by atoms with Gasteiger partial charge in [-0.25, -0.2) is 27.2 Å². The quantitative estimate of drug-likeness (QED) is 0.0269. The van der Waals surface area contributed by atoms with Crippen LogP contribution in [-0.4, -0.2) is 96.0 Å². The van der Waals surface area contributed by atoms with Crippen molar-refractivity contribution in [3.63, 3.8) is 0 Å². The van der Waals surface area contributed by atoms with Crippen molar-refractivity contribution in [2.24, 2.45) is 0 Å². The van der Waals surface area contributed by atoms with Gasteiger partial charge in [0.05, 0.1) is 33.0 Å². The maximum Gasteiger partial charge on any atom is 0.319 e. The summed E-state index contributed by atoms with van der Waals surface area (Å²) >= 11 is 24.1. The van der Waals surface area contributed by atoms with Crippen LogP contribution < -0.4 is 37.2 Å². The number of carbonyl (C=O) groups is 5. The van der Waals surface area contributed by atoms with E-state index in [0.717, 1.165) is 85.2 Å². The zero-order valence-electron chi connectivity index (χ0n) is 66.1. The fraction of sp³-hybridized carbons (Fsp3) is 0.270. The lowest BCUT2D eigenvalue weighted by Crippen LogP contribution is -2.34. The van der Waals surface area contributed by atoms with E-state index < -0.39 is 23.3 Å². The van der Waals surface area contributed by atoms with E-state index in [2.05, 4.69) is 37.2 Å². The SMILES string of the molecule is CCNC(=O)Nc1ccc(-c2ccc(Cl)cc2)c(COC)c1.COCc1cc(C(=O)NC(C)C)ccc1-c1cc(Cl)cc(Cl)c1.COCc1cc(C(=O)NC(C)C)ccc1-c1ccc(F)c(F)c1.COCc1cc(C(=O)NC(C)C)ccc1-c1ccc(F)cc1F.COCc1cc(NC(=O)NC(C)C)ccc1-c1ccc(Cl)cc1. The van der Waals surface area contributed by atoms with E-state index in [1.54, 1.807) is 69.9 Å². The smallest absolute Gasteiger partial charge is 0.319 e. The molecule has 0 fully saturated rings. The largest absolute Gasteiger partial charge is 0.380 e. The van der Waals surface area contributed by atoms with E-state index in [4.69, 9.17) is 70.1 Å². The second-order valence-corrected chi connectivity index (χ2v) is 28.8. The molecule has 7 amide bonds. The van der Waals surface area contributed by atoms with Crippen molar-refractivity contribution < 1.29 is 65.2 Å². The van der Waals surface area contributed by atoms with Gasteiger partial charge < -0.3 is 60.9 Å². The zero-order valence-corrected chi connectivity index (χ0v) is 69.2. The van der Waals surface area contributed by atoms with Crippen molar-refractivity contribution in [1.82, 2.24) is 26.6 Å². The summed E-state index contributed by atoms with van der Waals surface area (Å²) in [6, 6.07) is 54.7. The van der Waals surface area contributed by atoms with Crippen LogP contribution in [0.1, 0.15) is 121 Å². The molecule has 114 heavy (non-hydrogen) atoms. The lowest BCUT2D eigenvalue weighted by molar-refractivity contribution is 0.0934. The van der Waals surface area contributed by atoms with Crippen molar-refractivity contribution in [2.75, 3.05) is 52.7 Å². The molecule has 10 aromatic carbocycles. The lowest BCUT2D eigenvalue weighted by atomic mass is 9.97. The van der Waals surface area contributed by atoms with Crippen molar-refractivity contribution in [2.45, 2.75) is 120 Å². The molecule has 0 saturated carbocycles. The van der Waals surface area contributed by atoms with Gasteiger partial charge >= 0.3 is 12.1 Å². The Morgan fingerprint density at radius 2 is 0.658 bits per heavy atom. The molecule has 0 atom stereocenters. The van der Waals surface area contributed by atoms with Crippen LogP contribution in [0, 0.1) is 23.3 Å². The second-order valence-electron chi connectivity index (χ2n) is 27.1. The van der Waals surface area contributed by atoms with Gasteiger partial charge in [-0.2, -0.15) is 0 Å². The maximum atomic E-state index is 14.0. The summed E-state index contributed by atoms with van der Waals surface area (Å²) in [5.74, 6) is -3.58. The molecule has 0 aliphatic carbocycles. The van der Waals surface area contributed by atoms with Gasteiger partial charge in [0, 0.05) is 126 Å². The van der Waals surface area contributed by atoms with Gasteiger partial charge in [0.15, 0.2) is 11.6 Å². The number of anilines is 2. The second kappa shape index (κ2) is 46.9. The van der Waals surface area contributed by atoms with E-state index in [-0.39, 0.29) is 72.7 Å². The predicted octanol–water partition coefficient (Wildman–Crippen LogP) is 21.8. The minimum atomic E-state index is -0.910. The van der Waals surface area contributed by atoms with Crippen LogP contribution in [-0.2, 0) is 56.7 Å². The molecule has 0 heterocycles. The number of hydrogen-bond donors (Lipinski definition) is 7. The van der Waals surface area contributed by atoms with Gasteiger partial charge in [0.25, 0.3) is 17.7 Å². The first-order valence-electron chi connectivity index (χ1n) is 36.4. The van der Waals surface area contributed by atoms with E-state index in [9.17, 15) is 41.5 Å². The molecule has 0 unspecified atom stereocenters. The monoisotopic (exact) mass is 1640 g/mol. The van der Waals surface area contributed by atoms with Gasteiger partial charge in [-0.3, -0.25) is 14.4 Å². The highest BCUT2D eigenvalue weighted by molar-refractivity contribution is 6.35. The summed E-state index contributed by atoms with van der Waals surface area (Å²) in [7, 11) is 7.98. The number of methoxy groups -OCH3 is 5. The highest BCUT2D eigenvalue weighted by atomic mass is 35.5. The number of ether oxygens (including phenoxy) is 5. The molecule has 0 aliphatic rings. The van der Waals surface area contributed by atoms with Crippen molar-refractivity contribution in [3.8, 4) is 55.6 Å². The Balaban J connectivity index is 0.000000222. The number of amides is 7. The fourth-order valence-electron chi connectivity index (χ4n) is 11.5. The fourth-order valence-corrected chi connectivity index (χ4v) is 12.2. The van der Waals surface area contributed by atoms with E-state index in [1.807, 2.05) is 172 Å². The number of rotatable bonds is 25. The van der Waals surface area contributed by atoms with E-state index in [0.29, 0.717) is 85.4 Å². The minimum absolute atomic E-state index is 0.0163. The molecule has 7 N–H and O–H groups in total. The van der Waals surface area contributed by atoms with Gasteiger partial charge in [-0.15, -0.1) is 0 Å². The molecule has 0 bridgehead atoms. The Morgan fingerprint density at radius 1 is 0.316 bits per heavy atom. The third-order valence-electron chi connectivity index (χ3n) is 16.3. The molecule has 604 valence electrons. The van der Waals surface area contributed by atoms with Crippen LogP contribution in [0.3, 0.4) is 0 Å². The number of benzene rings is 10. The molecule has 10 rings (SSSR count). The molecule has 0 aliphatic heterocycles. The Kier molecular flexibility index (Phi) is 38.1. The molecule has 0 radical (unpaired) electrons. The number of urea groups is 2. The Hall–Kier alpha value is -10.2. The van der Waals surface area contributed by atoms with Crippen molar-refractivity contribution >= 4 is 87.6 Å². The summed E-state index contributed by atoms with van der Waals surface area (Å²) in [5, 5.41) is 22.2. The summed E-state index contributed by atoms with van der Waals surface area (Å²) in [6.45, 7) is 19.4. The predicted molar refractivity (Wildman–Crippen MR) is 451 cm³/mol. The number of carbonyl (C=O) groups excluding carboxylic acids is 5. The highest BCUT2D eigenvalue weighted by Gasteiger charge is 2.19. The Bertz CT molecular complexity index is 4840. The Labute approximate surface area is 685 Å². The third-order valence-corrected chi connectivity index (χ3v) is 17.2. The summed E-state index contributed by atoms with van der Waals surface area (Å²) < 4.78 is 79.8. The standard InChI is InChI=1S/C18H19Cl2NO2.C18H21ClN2O2.2C18H19F2NO2.C17H19ClN2O2/c1-11(2)21-18(22)12-4-5-17(14(6-12)10-23-3)13-7-15(19)9-16(20)8-13;1-12(2)20-18(22)21-16-8-9-17(14(10-16)11-23-3)13-4-6-15(19)7-5-13;1-11(2)21-18(22)13-4-6-15(14(8-13)10-23-3)12-5-7-16(19)17(20)9-12;1-11(2)21-18(22)12-4-6-15(13(8-12)10-23-3)16-7-5-14(19)9-17(16)20;1-3-19-17(21)20-15-8-9-16(13(10-15)11-22-2)12-4-6-14(18)7-5-12/h4-9,11H,10H2,1-3H3,(H,21,22);4-10,12H,11H2,1-3H3,(H2,20,21,22);2*4-9,11H,10H2,1-3H3,(H,21,22);4-10H,3,11H2,1-2H3,(H2,19,20,21). The lowest BCUT2D eigenvalue weighted by Gasteiger charge is -2.14. The molecule has 0 aromatic heterocycles. The first-order chi connectivity index (χ1) is 54.4. The van der Waals surface area contributed by atoms with Crippen LogP contribution in [0.5, 0.6) is 0 Å². The summed E-state index contributed by atoms with van der Waals surface area (Å²) in [4.78, 5) is 59.8. The molecule has 0 spiro atoms. The third kappa shape index (κ3) is 29.7. The van der Waals surface area contributed by atoms with Crippen LogP contribution in [0.25, 0.3) is 55.6 Å². The topological polar surface area (TPSA) is 216 Å². The molecular formula is C89H97Cl4F4N7O10. The number of halogens is 8. The highest BCUT2D eigenvalue weighted by Crippen LogP contribution is 2.35. The van der Waals surface area contributed by atoms with E-state index in [1.165, 1.54) is 32.4 Å². The first kappa shape index (κ1) is 92.7. The zero-order chi connectivity index (χ0) is 83.7. The van der Waals surface area contributed by atoms with Crippen LogP contribution in [0.15, 0.2) is 194 Å². The van der Waals surface area contributed by atoms with Gasteiger partial charge in [-0.05, 0) is 268 Å². The minimum Gasteiger partial charge on any atom is -0.380 e. The molecule has 0 saturated heterocycles. The Morgan fingerprint density at radius 3 is 1.04 bits per heavy atom. The maximum absolute atomic E-state index is 14.0. The molecule has 10 aromatic rings. The van der Waals surface area contributed by atoms with Crippen LogP contribution in [0.2, 0.25) is 20.1 Å². The first-order valence-corrected chi connectivity index (χ1v) is 37.9. The number of hydrogen-bond acceptors (Lipinski definition) is 10.